The maximum atomic E-state index is 5.18. The van der Waals surface area contributed by atoms with Crippen LogP contribution in [0.4, 0.5) is 0 Å². The van der Waals surface area contributed by atoms with Gasteiger partial charge in [-0.05, 0) is 37.9 Å². The SMILES string of the molecule is CC(C1CCCCC1)n1cn[nH]c1=S. The number of rotatable bonds is 2. The molecule has 0 aromatic carbocycles. The van der Waals surface area contributed by atoms with Crippen LogP contribution in [0.2, 0.25) is 0 Å². The van der Waals surface area contributed by atoms with Crippen LogP contribution in [0.1, 0.15) is 45.1 Å². The van der Waals surface area contributed by atoms with Crippen molar-refractivity contribution in [1.82, 2.24) is 14.8 Å². The second-order valence-electron chi connectivity index (χ2n) is 4.21. The van der Waals surface area contributed by atoms with Gasteiger partial charge in [-0.2, -0.15) is 5.10 Å². The van der Waals surface area contributed by atoms with E-state index in [0.717, 1.165) is 10.7 Å². The van der Waals surface area contributed by atoms with Gasteiger partial charge in [0.2, 0.25) is 0 Å². The molecule has 2 rings (SSSR count). The summed E-state index contributed by atoms with van der Waals surface area (Å²) in [7, 11) is 0. The maximum Gasteiger partial charge on any atom is 0.195 e. The van der Waals surface area contributed by atoms with Crippen molar-refractivity contribution in [3.8, 4) is 0 Å². The van der Waals surface area contributed by atoms with Crippen molar-refractivity contribution >= 4 is 12.2 Å². The summed E-state index contributed by atoms with van der Waals surface area (Å²) in [6, 6.07) is 0.501. The van der Waals surface area contributed by atoms with Crippen LogP contribution in [0.15, 0.2) is 6.33 Å². The molecular formula is C10H17N3S. The van der Waals surface area contributed by atoms with Crippen LogP contribution in [0.25, 0.3) is 0 Å². The normalized spacial score (nSPS) is 20.9. The summed E-state index contributed by atoms with van der Waals surface area (Å²) in [6.45, 7) is 2.25. The van der Waals surface area contributed by atoms with Crippen molar-refractivity contribution < 1.29 is 0 Å². The lowest BCUT2D eigenvalue weighted by Gasteiger charge is -2.27. The Labute approximate surface area is 89.5 Å². The lowest BCUT2D eigenvalue weighted by Crippen LogP contribution is -2.18. The largest absolute Gasteiger partial charge is 0.304 e. The Morgan fingerprint density at radius 2 is 2.21 bits per heavy atom. The van der Waals surface area contributed by atoms with Gasteiger partial charge >= 0.3 is 0 Å². The van der Waals surface area contributed by atoms with Gasteiger partial charge in [-0.1, -0.05) is 19.3 Å². The van der Waals surface area contributed by atoms with Gasteiger partial charge in [0.1, 0.15) is 6.33 Å². The first-order valence-corrected chi connectivity index (χ1v) is 5.81. The highest BCUT2D eigenvalue weighted by atomic mass is 32.1. The number of hydrogen-bond donors (Lipinski definition) is 1. The Kier molecular flexibility index (Phi) is 3.01. The van der Waals surface area contributed by atoms with Crippen molar-refractivity contribution in [2.75, 3.05) is 0 Å². The summed E-state index contributed by atoms with van der Waals surface area (Å²) in [5.41, 5.74) is 0. The van der Waals surface area contributed by atoms with Crippen LogP contribution in [0, 0.1) is 10.7 Å². The van der Waals surface area contributed by atoms with Gasteiger partial charge in [-0.3, -0.25) is 5.10 Å². The van der Waals surface area contributed by atoms with Crippen molar-refractivity contribution in [2.45, 2.75) is 45.1 Å². The van der Waals surface area contributed by atoms with Crippen LogP contribution in [0.5, 0.6) is 0 Å². The quantitative estimate of drug-likeness (QED) is 0.763. The fraction of sp³-hybridized carbons (Fsp3) is 0.800. The zero-order valence-corrected chi connectivity index (χ0v) is 9.39. The second-order valence-corrected chi connectivity index (χ2v) is 4.59. The fourth-order valence-electron chi connectivity index (χ4n) is 2.39. The van der Waals surface area contributed by atoms with Crippen LogP contribution in [-0.4, -0.2) is 14.8 Å². The number of H-pyrrole nitrogens is 1. The summed E-state index contributed by atoms with van der Waals surface area (Å²) in [6.07, 6.45) is 8.66. The monoisotopic (exact) mass is 211 g/mol. The zero-order chi connectivity index (χ0) is 9.97. The second kappa shape index (κ2) is 4.26. The molecule has 14 heavy (non-hydrogen) atoms. The molecule has 1 fully saturated rings. The molecule has 0 saturated heterocycles. The first-order chi connectivity index (χ1) is 6.79. The number of hydrogen-bond acceptors (Lipinski definition) is 2. The molecule has 1 aliphatic carbocycles. The van der Waals surface area contributed by atoms with Crippen LogP contribution in [-0.2, 0) is 0 Å². The van der Waals surface area contributed by atoms with E-state index in [1.54, 1.807) is 0 Å². The van der Waals surface area contributed by atoms with Gasteiger partial charge < -0.3 is 4.57 Å². The van der Waals surface area contributed by atoms with Gasteiger partial charge in [0.05, 0.1) is 0 Å². The Hall–Kier alpha value is -0.640. The van der Waals surface area contributed by atoms with Gasteiger partial charge in [0.25, 0.3) is 0 Å². The van der Waals surface area contributed by atoms with Crippen molar-refractivity contribution in [3.63, 3.8) is 0 Å². The molecule has 0 bridgehead atoms. The van der Waals surface area contributed by atoms with E-state index >= 15 is 0 Å². The fourth-order valence-corrected chi connectivity index (χ4v) is 2.66. The summed E-state index contributed by atoms with van der Waals surface area (Å²) in [5.74, 6) is 0.785. The molecule has 0 radical (unpaired) electrons. The lowest BCUT2D eigenvalue weighted by molar-refractivity contribution is 0.262. The smallest absolute Gasteiger partial charge is 0.195 e. The first kappa shape index (κ1) is 9.90. The third-order valence-electron chi connectivity index (χ3n) is 3.35. The molecule has 1 saturated carbocycles. The zero-order valence-electron chi connectivity index (χ0n) is 8.57. The molecule has 1 N–H and O–H groups in total. The highest BCUT2D eigenvalue weighted by Gasteiger charge is 2.21. The minimum Gasteiger partial charge on any atom is -0.304 e. The van der Waals surface area contributed by atoms with E-state index in [2.05, 4.69) is 21.7 Å². The highest BCUT2D eigenvalue weighted by molar-refractivity contribution is 7.71. The van der Waals surface area contributed by atoms with Gasteiger partial charge in [0, 0.05) is 6.04 Å². The van der Waals surface area contributed by atoms with E-state index in [4.69, 9.17) is 12.2 Å². The molecule has 0 spiro atoms. The minimum absolute atomic E-state index is 0.501. The standard InChI is InChI=1S/C10H17N3S/c1-8(9-5-3-2-4-6-9)13-7-11-12-10(13)14/h7-9H,2-6H2,1H3,(H,12,14). The maximum absolute atomic E-state index is 5.18. The molecule has 1 atom stereocenters. The van der Waals surface area contributed by atoms with Crippen molar-refractivity contribution in [1.29, 1.82) is 0 Å². The number of nitrogens with zero attached hydrogens (tertiary/aromatic N) is 2. The highest BCUT2D eigenvalue weighted by Crippen LogP contribution is 2.32. The number of nitrogens with one attached hydrogen (secondary N) is 1. The van der Waals surface area contributed by atoms with Gasteiger partial charge in [-0.15, -0.1) is 0 Å². The van der Waals surface area contributed by atoms with Crippen LogP contribution >= 0.6 is 12.2 Å². The summed E-state index contributed by atoms with van der Waals surface area (Å²) >= 11 is 5.18. The molecule has 1 heterocycles. The Morgan fingerprint density at radius 1 is 1.50 bits per heavy atom. The average Bonchev–Trinajstić information content (AvgIpc) is 2.65. The van der Waals surface area contributed by atoms with E-state index in [1.165, 1.54) is 32.1 Å². The topological polar surface area (TPSA) is 33.6 Å². The predicted octanol–water partition coefficient (Wildman–Crippen LogP) is 3.08. The molecular weight excluding hydrogens is 194 g/mol. The Morgan fingerprint density at radius 3 is 2.79 bits per heavy atom. The molecule has 0 amide bonds. The Bertz CT molecular complexity index is 335. The van der Waals surface area contributed by atoms with Gasteiger partial charge in [0.15, 0.2) is 4.77 Å². The van der Waals surface area contributed by atoms with E-state index in [9.17, 15) is 0 Å². The van der Waals surface area contributed by atoms with Gasteiger partial charge in [-0.25, -0.2) is 0 Å². The van der Waals surface area contributed by atoms with Crippen molar-refractivity contribution in [2.24, 2.45) is 5.92 Å². The van der Waals surface area contributed by atoms with E-state index in [1.807, 2.05) is 6.33 Å². The minimum atomic E-state index is 0.501. The molecule has 1 aliphatic rings. The van der Waals surface area contributed by atoms with Crippen molar-refractivity contribution in [3.05, 3.63) is 11.1 Å². The van der Waals surface area contributed by atoms with E-state index < -0.39 is 0 Å². The number of aromatic amines is 1. The molecule has 78 valence electrons. The molecule has 1 aromatic rings. The Balaban J connectivity index is 2.11. The third-order valence-corrected chi connectivity index (χ3v) is 3.65. The molecule has 1 unspecified atom stereocenters. The molecule has 1 aromatic heterocycles. The predicted molar refractivity (Wildman–Crippen MR) is 58.7 cm³/mol. The number of aromatic nitrogens is 3. The molecule has 0 aliphatic heterocycles. The van der Waals surface area contributed by atoms with E-state index in [-0.39, 0.29) is 0 Å². The lowest BCUT2D eigenvalue weighted by atomic mass is 9.84. The summed E-state index contributed by atoms with van der Waals surface area (Å²) < 4.78 is 2.84. The average molecular weight is 211 g/mol. The van der Waals surface area contributed by atoms with Crippen LogP contribution < -0.4 is 0 Å². The molecule has 4 heteroatoms. The summed E-state index contributed by atoms with van der Waals surface area (Å²) in [4.78, 5) is 0. The van der Waals surface area contributed by atoms with Crippen LogP contribution in [0.3, 0.4) is 0 Å². The third kappa shape index (κ3) is 1.90. The molecule has 3 nitrogen and oxygen atoms in total. The van der Waals surface area contributed by atoms with E-state index in [0.29, 0.717) is 6.04 Å². The summed E-state index contributed by atoms with van der Waals surface area (Å²) in [5, 5.41) is 6.79. The first-order valence-electron chi connectivity index (χ1n) is 5.40.